The topological polar surface area (TPSA) is 102 Å². The number of hydrogen-bond donors (Lipinski definition) is 2. The molecular formula is C14H24N6O2. The van der Waals surface area contributed by atoms with Crippen molar-refractivity contribution in [2.24, 2.45) is 0 Å². The molecule has 0 atom stereocenters. The van der Waals surface area contributed by atoms with Crippen molar-refractivity contribution < 1.29 is 8.94 Å². The molecule has 22 heavy (non-hydrogen) atoms. The predicted octanol–water partition coefficient (Wildman–Crippen LogP) is 1.37. The fourth-order valence-electron chi connectivity index (χ4n) is 1.89. The maximum absolute atomic E-state index is 5.65. The summed E-state index contributed by atoms with van der Waals surface area (Å²) < 4.78 is 10.7. The molecular weight excluding hydrogens is 284 g/mol. The molecule has 8 nitrogen and oxygen atoms in total. The Kier molecular flexibility index (Phi) is 5.25. The minimum atomic E-state index is -0.225. The summed E-state index contributed by atoms with van der Waals surface area (Å²) in [6.07, 6.45) is 0.620. The predicted molar refractivity (Wildman–Crippen MR) is 79.9 cm³/mol. The lowest BCUT2D eigenvalue weighted by Gasteiger charge is -2.23. The monoisotopic (exact) mass is 308 g/mol. The molecule has 2 aromatic rings. The van der Waals surface area contributed by atoms with Crippen molar-refractivity contribution >= 4 is 0 Å². The van der Waals surface area contributed by atoms with Crippen LogP contribution in [0.2, 0.25) is 0 Å². The van der Waals surface area contributed by atoms with Crippen molar-refractivity contribution in [1.82, 2.24) is 31.0 Å². The lowest BCUT2D eigenvalue weighted by molar-refractivity contribution is 0.302. The Balaban J connectivity index is 1.85. The van der Waals surface area contributed by atoms with Gasteiger partial charge in [0.15, 0.2) is 5.82 Å². The molecule has 2 aromatic heterocycles. The summed E-state index contributed by atoms with van der Waals surface area (Å²) in [7, 11) is 0. The van der Waals surface area contributed by atoms with Gasteiger partial charge >= 0.3 is 0 Å². The second-order valence-corrected chi connectivity index (χ2v) is 6.27. The van der Waals surface area contributed by atoms with E-state index in [0.717, 1.165) is 0 Å². The normalized spacial score (nSPS) is 12.3. The molecule has 0 aromatic carbocycles. The van der Waals surface area contributed by atoms with E-state index in [4.69, 9.17) is 8.94 Å². The molecule has 0 spiro atoms. The maximum atomic E-state index is 5.65. The Labute approximate surface area is 130 Å². The lowest BCUT2D eigenvalue weighted by atomic mass is 10.0. The third-order valence-corrected chi connectivity index (χ3v) is 3.05. The molecule has 0 fully saturated rings. The van der Waals surface area contributed by atoms with Gasteiger partial charge in [-0.2, -0.15) is 4.98 Å². The molecule has 0 aliphatic carbocycles. The average molecular weight is 308 g/mol. The van der Waals surface area contributed by atoms with E-state index in [9.17, 15) is 0 Å². The Morgan fingerprint density at radius 2 is 1.82 bits per heavy atom. The first-order chi connectivity index (χ1) is 10.3. The molecule has 0 aliphatic rings. The molecule has 8 heteroatoms. The molecule has 0 radical (unpaired) electrons. The van der Waals surface area contributed by atoms with Crippen LogP contribution in [0.1, 0.15) is 51.2 Å². The van der Waals surface area contributed by atoms with Gasteiger partial charge in [-0.25, -0.2) is 0 Å². The molecule has 2 rings (SSSR count). The fourth-order valence-corrected chi connectivity index (χ4v) is 1.89. The van der Waals surface area contributed by atoms with Crippen LogP contribution in [-0.4, -0.2) is 31.9 Å². The van der Waals surface area contributed by atoms with Crippen LogP contribution >= 0.6 is 0 Å². The van der Waals surface area contributed by atoms with Crippen LogP contribution in [0.15, 0.2) is 8.94 Å². The molecule has 0 amide bonds. The van der Waals surface area contributed by atoms with E-state index in [2.05, 4.69) is 58.7 Å². The Bertz CT molecular complexity index is 590. The van der Waals surface area contributed by atoms with Crippen LogP contribution in [0.3, 0.4) is 0 Å². The molecule has 0 saturated carbocycles. The first kappa shape index (κ1) is 16.6. The number of hydrogen-bond acceptors (Lipinski definition) is 8. The average Bonchev–Trinajstić information content (AvgIpc) is 3.03. The van der Waals surface area contributed by atoms with E-state index in [0.29, 0.717) is 49.0 Å². The zero-order valence-corrected chi connectivity index (χ0v) is 13.8. The van der Waals surface area contributed by atoms with Gasteiger partial charge in [0, 0.05) is 18.0 Å². The molecule has 122 valence electrons. The second kappa shape index (κ2) is 6.97. The summed E-state index contributed by atoms with van der Waals surface area (Å²) in [6, 6.07) is 0.381. The third kappa shape index (κ3) is 5.19. The van der Waals surface area contributed by atoms with Crippen LogP contribution in [0.5, 0.6) is 0 Å². The fraction of sp³-hybridized carbons (Fsp3) is 0.714. The molecule has 2 heterocycles. The molecule has 0 bridgehead atoms. The third-order valence-electron chi connectivity index (χ3n) is 3.05. The van der Waals surface area contributed by atoms with Gasteiger partial charge in [0.05, 0.1) is 13.1 Å². The summed E-state index contributed by atoms with van der Waals surface area (Å²) in [4.78, 5) is 4.17. The highest BCUT2D eigenvalue weighted by Crippen LogP contribution is 2.13. The SMILES string of the molecule is Cc1noc(CNC(C)(C)Cc2nnc(CNC(C)C)o2)n1. The summed E-state index contributed by atoms with van der Waals surface area (Å²) in [6.45, 7) is 11.2. The van der Waals surface area contributed by atoms with Gasteiger partial charge in [0.1, 0.15) is 0 Å². The minimum absolute atomic E-state index is 0.225. The van der Waals surface area contributed by atoms with Crippen LogP contribution in [-0.2, 0) is 19.5 Å². The van der Waals surface area contributed by atoms with Gasteiger partial charge in [0.25, 0.3) is 0 Å². The molecule has 0 saturated heterocycles. The molecule has 2 N–H and O–H groups in total. The molecule has 0 unspecified atom stereocenters. The molecule has 0 aliphatic heterocycles. The summed E-state index contributed by atoms with van der Waals surface area (Å²) in [5, 5.41) is 18.5. The van der Waals surface area contributed by atoms with Crippen molar-refractivity contribution in [1.29, 1.82) is 0 Å². The smallest absolute Gasteiger partial charge is 0.240 e. The Morgan fingerprint density at radius 3 is 2.45 bits per heavy atom. The van der Waals surface area contributed by atoms with E-state index in [-0.39, 0.29) is 5.54 Å². The maximum Gasteiger partial charge on any atom is 0.240 e. The highest BCUT2D eigenvalue weighted by atomic mass is 16.5. The van der Waals surface area contributed by atoms with Crippen molar-refractivity contribution in [2.45, 2.75) is 65.7 Å². The van der Waals surface area contributed by atoms with Gasteiger partial charge in [-0.3, -0.25) is 0 Å². The number of nitrogens with zero attached hydrogens (tertiary/aromatic N) is 4. The Morgan fingerprint density at radius 1 is 1.09 bits per heavy atom. The van der Waals surface area contributed by atoms with E-state index < -0.39 is 0 Å². The van der Waals surface area contributed by atoms with Crippen LogP contribution in [0.25, 0.3) is 0 Å². The standard InChI is InChI=1S/C14H24N6O2/c1-9(2)15-7-13-19-18-11(21-13)6-14(4,5)16-8-12-17-10(3)20-22-12/h9,15-16H,6-8H2,1-5H3. The summed E-state index contributed by atoms with van der Waals surface area (Å²) >= 11 is 0. The zero-order valence-electron chi connectivity index (χ0n) is 13.8. The first-order valence-corrected chi connectivity index (χ1v) is 7.43. The van der Waals surface area contributed by atoms with E-state index in [1.807, 2.05) is 0 Å². The van der Waals surface area contributed by atoms with Gasteiger partial charge in [0.2, 0.25) is 17.7 Å². The number of rotatable bonds is 8. The Hall–Kier alpha value is -1.80. The van der Waals surface area contributed by atoms with Gasteiger partial charge < -0.3 is 19.6 Å². The highest BCUT2D eigenvalue weighted by Gasteiger charge is 2.22. The van der Waals surface area contributed by atoms with Gasteiger partial charge in [-0.05, 0) is 20.8 Å². The minimum Gasteiger partial charge on any atom is -0.424 e. The zero-order chi connectivity index (χ0) is 16.2. The van der Waals surface area contributed by atoms with Crippen molar-refractivity contribution in [2.75, 3.05) is 0 Å². The lowest BCUT2D eigenvalue weighted by Crippen LogP contribution is -2.41. The first-order valence-electron chi connectivity index (χ1n) is 7.43. The van der Waals surface area contributed by atoms with E-state index in [1.165, 1.54) is 0 Å². The highest BCUT2D eigenvalue weighted by molar-refractivity contribution is 4.93. The second-order valence-electron chi connectivity index (χ2n) is 6.27. The quantitative estimate of drug-likeness (QED) is 0.754. The number of nitrogens with one attached hydrogen (secondary N) is 2. The largest absolute Gasteiger partial charge is 0.424 e. The summed E-state index contributed by atoms with van der Waals surface area (Å²) in [5.41, 5.74) is -0.225. The van der Waals surface area contributed by atoms with Crippen molar-refractivity contribution in [3.8, 4) is 0 Å². The van der Waals surface area contributed by atoms with E-state index >= 15 is 0 Å². The van der Waals surface area contributed by atoms with Crippen LogP contribution < -0.4 is 10.6 Å². The summed E-state index contributed by atoms with van der Waals surface area (Å²) in [5.74, 6) is 2.42. The van der Waals surface area contributed by atoms with Gasteiger partial charge in [-0.15, -0.1) is 10.2 Å². The van der Waals surface area contributed by atoms with E-state index in [1.54, 1.807) is 6.92 Å². The number of aromatic nitrogens is 4. The van der Waals surface area contributed by atoms with Gasteiger partial charge in [-0.1, -0.05) is 19.0 Å². The van der Waals surface area contributed by atoms with Crippen LogP contribution in [0, 0.1) is 6.92 Å². The van der Waals surface area contributed by atoms with Crippen molar-refractivity contribution in [3.63, 3.8) is 0 Å². The van der Waals surface area contributed by atoms with Crippen LogP contribution in [0.4, 0.5) is 0 Å². The number of aryl methyl sites for hydroxylation is 1. The van der Waals surface area contributed by atoms with Crippen molar-refractivity contribution in [3.05, 3.63) is 23.5 Å².